The molecule has 1 aliphatic heterocycles. The molecule has 1 N–H and O–H groups in total. The Morgan fingerprint density at radius 1 is 0.879 bits per heavy atom. The first-order valence-electron chi connectivity index (χ1n) is 11.4. The van der Waals surface area contributed by atoms with E-state index in [2.05, 4.69) is 110 Å². The van der Waals surface area contributed by atoms with Crippen molar-refractivity contribution < 1.29 is 4.74 Å². The Hall–Kier alpha value is -2.86. The minimum absolute atomic E-state index is 0.156. The maximum atomic E-state index is 6.50. The van der Waals surface area contributed by atoms with Gasteiger partial charge in [0.2, 0.25) is 0 Å². The molecular formula is C28H29N3OS. The van der Waals surface area contributed by atoms with Gasteiger partial charge < -0.3 is 14.6 Å². The molecule has 5 rings (SSSR count). The zero-order chi connectivity index (χ0) is 22.8. The fourth-order valence-electron chi connectivity index (χ4n) is 4.30. The van der Waals surface area contributed by atoms with E-state index in [1.165, 1.54) is 20.9 Å². The molecule has 1 aliphatic rings. The summed E-state index contributed by atoms with van der Waals surface area (Å²) in [6.07, 6.45) is -0.175. The monoisotopic (exact) mass is 455 g/mol. The molecule has 4 aromatic rings. The van der Waals surface area contributed by atoms with Crippen LogP contribution in [0.15, 0.2) is 88.7 Å². The molecule has 168 valence electrons. The van der Waals surface area contributed by atoms with Gasteiger partial charge in [0, 0.05) is 33.4 Å². The normalized spacial score (nSPS) is 14.2. The molecular weight excluding hydrogens is 426 g/mol. The molecule has 0 bridgehead atoms. The largest absolute Gasteiger partial charge is 0.368 e. The van der Waals surface area contributed by atoms with Gasteiger partial charge in [-0.3, -0.25) is 0 Å². The van der Waals surface area contributed by atoms with Crippen LogP contribution in [0.25, 0.3) is 22.5 Å². The SMILES string of the molecule is CC(c1ccccc1)C(OCCN(C)C)c1nc2c([nH]1)-c1ccccc1Sc1ccccc1-2. The topological polar surface area (TPSA) is 41.1 Å². The first kappa shape index (κ1) is 22.0. The average Bonchev–Trinajstić information content (AvgIpc) is 3.22. The number of hydrogen-bond donors (Lipinski definition) is 1. The molecule has 0 spiro atoms. The summed E-state index contributed by atoms with van der Waals surface area (Å²) in [5.41, 5.74) is 5.66. The molecule has 3 aromatic carbocycles. The van der Waals surface area contributed by atoms with Crippen LogP contribution in [0.3, 0.4) is 0 Å². The Morgan fingerprint density at radius 2 is 1.52 bits per heavy atom. The highest BCUT2D eigenvalue weighted by atomic mass is 32.2. The van der Waals surface area contributed by atoms with Gasteiger partial charge in [-0.2, -0.15) is 0 Å². The molecule has 2 unspecified atom stereocenters. The Kier molecular flexibility index (Phi) is 6.36. The fourth-order valence-corrected chi connectivity index (χ4v) is 5.39. The number of fused-ring (bicyclic) bond motifs is 5. The predicted molar refractivity (Wildman–Crippen MR) is 136 cm³/mol. The Bertz CT molecular complexity index is 1170. The van der Waals surface area contributed by atoms with Crippen molar-refractivity contribution in [2.45, 2.75) is 28.7 Å². The van der Waals surface area contributed by atoms with Crippen molar-refractivity contribution in [3.8, 4) is 22.5 Å². The smallest absolute Gasteiger partial charge is 0.137 e. The number of imidazole rings is 1. The van der Waals surface area contributed by atoms with E-state index in [0.717, 1.165) is 29.3 Å². The van der Waals surface area contributed by atoms with E-state index in [1.807, 2.05) is 0 Å². The van der Waals surface area contributed by atoms with Crippen LogP contribution >= 0.6 is 11.8 Å². The fraction of sp³-hybridized carbons (Fsp3) is 0.250. The lowest BCUT2D eigenvalue weighted by Crippen LogP contribution is -2.22. The minimum atomic E-state index is -0.175. The van der Waals surface area contributed by atoms with Crippen molar-refractivity contribution in [1.29, 1.82) is 0 Å². The summed E-state index contributed by atoms with van der Waals surface area (Å²) in [6.45, 7) is 3.73. The van der Waals surface area contributed by atoms with Gasteiger partial charge in [-0.05, 0) is 31.8 Å². The van der Waals surface area contributed by atoms with E-state index in [0.29, 0.717) is 6.61 Å². The van der Waals surface area contributed by atoms with Gasteiger partial charge in [0.05, 0.1) is 18.0 Å². The molecule has 0 aliphatic carbocycles. The summed E-state index contributed by atoms with van der Waals surface area (Å²) in [5, 5.41) is 0. The van der Waals surface area contributed by atoms with E-state index in [4.69, 9.17) is 9.72 Å². The Labute approximate surface area is 200 Å². The molecule has 2 atom stereocenters. The maximum Gasteiger partial charge on any atom is 0.137 e. The van der Waals surface area contributed by atoms with Crippen molar-refractivity contribution in [3.63, 3.8) is 0 Å². The highest BCUT2D eigenvalue weighted by Crippen LogP contribution is 2.47. The molecule has 0 fully saturated rings. The number of benzene rings is 3. The molecule has 0 saturated heterocycles. The van der Waals surface area contributed by atoms with Gasteiger partial charge in [-0.15, -0.1) is 0 Å². The number of aromatic amines is 1. The summed E-state index contributed by atoms with van der Waals surface area (Å²) in [4.78, 5) is 13.5. The minimum Gasteiger partial charge on any atom is -0.368 e. The molecule has 0 saturated carbocycles. The first-order valence-corrected chi connectivity index (χ1v) is 12.2. The lowest BCUT2D eigenvalue weighted by atomic mass is 9.95. The number of hydrogen-bond acceptors (Lipinski definition) is 4. The van der Waals surface area contributed by atoms with Crippen LogP contribution in [0, 0.1) is 0 Å². The second-order valence-electron chi connectivity index (χ2n) is 8.73. The Balaban J connectivity index is 1.61. The quantitative estimate of drug-likeness (QED) is 0.299. The molecule has 5 heteroatoms. The molecule has 0 amide bonds. The third-order valence-corrected chi connectivity index (χ3v) is 7.28. The van der Waals surface area contributed by atoms with Crippen LogP contribution in [-0.2, 0) is 4.74 Å². The van der Waals surface area contributed by atoms with Crippen LogP contribution in [0.2, 0.25) is 0 Å². The number of nitrogens with one attached hydrogen (secondary N) is 1. The van der Waals surface area contributed by atoms with Gasteiger partial charge in [0.1, 0.15) is 11.9 Å². The van der Waals surface area contributed by atoms with E-state index in [-0.39, 0.29) is 12.0 Å². The number of rotatable bonds is 7. The van der Waals surface area contributed by atoms with Crippen LogP contribution in [-0.4, -0.2) is 42.1 Å². The molecule has 0 radical (unpaired) electrons. The van der Waals surface area contributed by atoms with Crippen LogP contribution < -0.4 is 0 Å². The zero-order valence-corrected chi connectivity index (χ0v) is 20.1. The van der Waals surface area contributed by atoms with Gasteiger partial charge in [-0.25, -0.2) is 4.98 Å². The third-order valence-electron chi connectivity index (χ3n) is 6.13. The maximum absolute atomic E-state index is 6.50. The second-order valence-corrected chi connectivity index (χ2v) is 9.82. The molecule has 1 aromatic heterocycles. The third kappa shape index (κ3) is 4.49. The number of nitrogens with zero attached hydrogens (tertiary/aromatic N) is 2. The Morgan fingerprint density at radius 3 is 2.24 bits per heavy atom. The van der Waals surface area contributed by atoms with Crippen LogP contribution in [0.4, 0.5) is 0 Å². The van der Waals surface area contributed by atoms with Crippen LogP contribution in [0.5, 0.6) is 0 Å². The van der Waals surface area contributed by atoms with Crippen LogP contribution in [0.1, 0.15) is 30.3 Å². The molecule has 33 heavy (non-hydrogen) atoms. The lowest BCUT2D eigenvalue weighted by molar-refractivity contribution is 0.0237. The highest BCUT2D eigenvalue weighted by Gasteiger charge is 2.29. The van der Waals surface area contributed by atoms with E-state index >= 15 is 0 Å². The zero-order valence-electron chi connectivity index (χ0n) is 19.3. The average molecular weight is 456 g/mol. The van der Waals surface area contributed by atoms with Crippen molar-refractivity contribution in [3.05, 3.63) is 90.3 Å². The van der Waals surface area contributed by atoms with Crippen molar-refractivity contribution in [2.75, 3.05) is 27.2 Å². The summed E-state index contributed by atoms with van der Waals surface area (Å²) in [7, 11) is 4.14. The molecule has 2 heterocycles. The van der Waals surface area contributed by atoms with Crippen molar-refractivity contribution in [1.82, 2.24) is 14.9 Å². The summed E-state index contributed by atoms with van der Waals surface area (Å²) in [6, 6.07) is 27.7. The number of aromatic nitrogens is 2. The lowest BCUT2D eigenvalue weighted by Gasteiger charge is -2.24. The van der Waals surface area contributed by atoms with E-state index in [1.54, 1.807) is 11.8 Å². The summed E-state index contributed by atoms with van der Waals surface area (Å²) in [5.74, 6) is 1.04. The second kappa shape index (κ2) is 9.56. The van der Waals surface area contributed by atoms with Gasteiger partial charge in [-0.1, -0.05) is 85.4 Å². The van der Waals surface area contributed by atoms with E-state index in [9.17, 15) is 0 Å². The molecule has 4 nitrogen and oxygen atoms in total. The van der Waals surface area contributed by atoms with Gasteiger partial charge >= 0.3 is 0 Å². The number of ether oxygens (including phenoxy) is 1. The number of H-pyrrole nitrogens is 1. The first-order chi connectivity index (χ1) is 16.1. The van der Waals surface area contributed by atoms with Crippen molar-refractivity contribution in [2.24, 2.45) is 0 Å². The predicted octanol–water partition coefficient (Wildman–Crippen LogP) is 6.63. The van der Waals surface area contributed by atoms with Crippen molar-refractivity contribution >= 4 is 11.8 Å². The summed E-state index contributed by atoms with van der Waals surface area (Å²) < 4.78 is 6.50. The number of likely N-dealkylation sites (N-methyl/N-ethyl adjacent to an activating group) is 1. The van der Waals surface area contributed by atoms with Gasteiger partial charge in [0.15, 0.2) is 0 Å². The summed E-state index contributed by atoms with van der Waals surface area (Å²) >= 11 is 1.80. The highest BCUT2D eigenvalue weighted by molar-refractivity contribution is 7.99. The van der Waals surface area contributed by atoms with Gasteiger partial charge in [0.25, 0.3) is 0 Å². The van der Waals surface area contributed by atoms with E-state index < -0.39 is 0 Å². The standard InChI is InChI=1S/C28H29N3OS/c1-19(20-11-5-4-6-12-20)27(32-18-17-31(2)3)28-29-25-21-13-7-9-15-23(21)33-24-16-10-8-14-22(24)26(25)30-28/h4-16,19,27H,17-18H2,1-3H3,(H,29,30).